The van der Waals surface area contributed by atoms with E-state index in [2.05, 4.69) is 27.6 Å². The van der Waals surface area contributed by atoms with Crippen LogP contribution in [0.2, 0.25) is 5.02 Å². The maximum absolute atomic E-state index is 13.3. The van der Waals surface area contributed by atoms with Gasteiger partial charge in [0.1, 0.15) is 6.04 Å². The maximum atomic E-state index is 13.3. The monoisotopic (exact) mass is 425 g/mol. The highest BCUT2D eigenvalue weighted by molar-refractivity contribution is 7.99. The first kappa shape index (κ1) is 19.5. The lowest BCUT2D eigenvalue weighted by molar-refractivity contribution is -0.113. The van der Waals surface area contributed by atoms with Crippen molar-refractivity contribution in [1.29, 1.82) is 0 Å². The Morgan fingerprint density at radius 1 is 1.21 bits per heavy atom. The molecule has 0 aliphatic carbocycles. The van der Waals surface area contributed by atoms with E-state index in [9.17, 15) is 4.79 Å². The van der Waals surface area contributed by atoms with Gasteiger partial charge in [-0.25, -0.2) is 4.68 Å². The van der Waals surface area contributed by atoms with E-state index in [0.29, 0.717) is 27.4 Å². The lowest BCUT2D eigenvalue weighted by Gasteiger charge is -2.28. The molecule has 1 aliphatic rings. The SMILES string of the molecule is CCSc1nc2n(n1)[C@@H](c1ccccc1)C(C(=O)Nc1ccc(Cl)cc1)=C(C)N2. The molecule has 0 bridgehead atoms. The molecule has 148 valence electrons. The number of nitrogens with one attached hydrogen (secondary N) is 2. The molecular formula is C21H20ClN5OS. The van der Waals surface area contributed by atoms with Crippen LogP contribution in [0.5, 0.6) is 0 Å². The number of fused-ring (bicyclic) bond motifs is 1. The van der Waals surface area contributed by atoms with Crippen molar-refractivity contribution < 1.29 is 4.79 Å². The van der Waals surface area contributed by atoms with Crippen molar-refractivity contribution in [2.24, 2.45) is 0 Å². The van der Waals surface area contributed by atoms with Crippen molar-refractivity contribution in [2.75, 3.05) is 16.4 Å². The number of benzene rings is 2. The van der Waals surface area contributed by atoms with E-state index in [1.807, 2.05) is 37.3 Å². The Morgan fingerprint density at radius 2 is 1.93 bits per heavy atom. The number of carbonyl (C=O) groups excluding carboxylic acids is 1. The van der Waals surface area contributed by atoms with Gasteiger partial charge in [0.15, 0.2) is 0 Å². The van der Waals surface area contributed by atoms with Crippen LogP contribution in [0.1, 0.15) is 25.5 Å². The quantitative estimate of drug-likeness (QED) is 0.564. The molecule has 0 saturated carbocycles. The minimum atomic E-state index is -0.376. The first-order chi connectivity index (χ1) is 14.1. The highest BCUT2D eigenvalue weighted by atomic mass is 35.5. The predicted octanol–water partition coefficient (Wildman–Crippen LogP) is 4.97. The molecule has 4 rings (SSSR count). The summed E-state index contributed by atoms with van der Waals surface area (Å²) in [5.74, 6) is 1.31. The molecule has 0 spiro atoms. The fourth-order valence-corrected chi connectivity index (χ4v) is 3.97. The number of amides is 1. The molecule has 3 aromatic rings. The van der Waals surface area contributed by atoms with Gasteiger partial charge in [-0.15, -0.1) is 5.10 Å². The molecular weight excluding hydrogens is 406 g/mol. The van der Waals surface area contributed by atoms with Crippen LogP contribution in [0.4, 0.5) is 11.6 Å². The summed E-state index contributed by atoms with van der Waals surface area (Å²) in [6.45, 7) is 3.94. The number of allylic oxidation sites excluding steroid dienone is 1. The Bertz CT molecular complexity index is 1060. The fourth-order valence-electron chi connectivity index (χ4n) is 3.29. The molecule has 0 unspecified atom stereocenters. The minimum Gasteiger partial charge on any atom is -0.328 e. The van der Waals surface area contributed by atoms with E-state index in [0.717, 1.165) is 17.0 Å². The largest absolute Gasteiger partial charge is 0.328 e. The number of aromatic nitrogens is 3. The van der Waals surface area contributed by atoms with Gasteiger partial charge in [0.05, 0.1) is 5.57 Å². The maximum Gasteiger partial charge on any atom is 0.255 e. The second-order valence-corrected chi connectivity index (χ2v) is 8.20. The molecule has 29 heavy (non-hydrogen) atoms. The number of anilines is 2. The van der Waals surface area contributed by atoms with Crippen LogP contribution >= 0.6 is 23.4 Å². The molecule has 1 aromatic heterocycles. The van der Waals surface area contributed by atoms with Gasteiger partial charge >= 0.3 is 0 Å². The van der Waals surface area contributed by atoms with Crippen molar-refractivity contribution >= 4 is 40.9 Å². The molecule has 1 amide bonds. The predicted molar refractivity (Wildman–Crippen MR) is 117 cm³/mol. The van der Waals surface area contributed by atoms with Gasteiger partial charge in [-0.2, -0.15) is 4.98 Å². The first-order valence-corrected chi connectivity index (χ1v) is 10.6. The Kier molecular flexibility index (Phi) is 5.60. The second kappa shape index (κ2) is 8.31. The first-order valence-electron chi connectivity index (χ1n) is 9.26. The number of halogens is 1. The number of rotatable bonds is 5. The molecule has 1 atom stereocenters. The average Bonchev–Trinajstić information content (AvgIpc) is 3.11. The number of nitrogens with zero attached hydrogens (tertiary/aromatic N) is 3. The second-order valence-electron chi connectivity index (χ2n) is 6.53. The summed E-state index contributed by atoms with van der Waals surface area (Å²) in [5, 5.41) is 12.2. The number of hydrogen-bond acceptors (Lipinski definition) is 5. The average molecular weight is 426 g/mol. The Labute approximate surface area is 178 Å². The third-order valence-electron chi connectivity index (χ3n) is 4.57. The van der Waals surface area contributed by atoms with Gasteiger partial charge in [0.2, 0.25) is 11.1 Å². The summed E-state index contributed by atoms with van der Waals surface area (Å²) in [5.41, 5.74) is 2.99. The summed E-state index contributed by atoms with van der Waals surface area (Å²) in [7, 11) is 0. The zero-order chi connectivity index (χ0) is 20.4. The summed E-state index contributed by atoms with van der Waals surface area (Å²) < 4.78 is 1.79. The molecule has 0 radical (unpaired) electrons. The minimum absolute atomic E-state index is 0.197. The third-order valence-corrected chi connectivity index (χ3v) is 5.54. The van der Waals surface area contributed by atoms with Crippen LogP contribution in [-0.4, -0.2) is 26.4 Å². The standard InChI is InChI=1S/C21H20ClN5OS/c1-3-29-21-25-20-23-13(2)17(19(28)24-16-11-9-15(22)10-12-16)18(27(20)26-21)14-7-5-4-6-8-14/h4-12,18H,3H2,1-2H3,(H,24,28)(H,23,25,26)/t18-/m0/s1. The van der Waals surface area contributed by atoms with Crippen LogP contribution < -0.4 is 10.6 Å². The Hall–Kier alpha value is -2.77. The van der Waals surface area contributed by atoms with Gasteiger partial charge in [-0.3, -0.25) is 4.79 Å². The van der Waals surface area contributed by atoms with Gasteiger partial charge in [-0.05, 0) is 42.5 Å². The number of hydrogen-bond donors (Lipinski definition) is 2. The summed E-state index contributed by atoms with van der Waals surface area (Å²) in [6, 6.07) is 16.5. The summed E-state index contributed by atoms with van der Waals surface area (Å²) >= 11 is 7.52. The van der Waals surface area contributed by atoms with Crippen molar-refractivity contribution in [2.45, 2.75) is 25.0 Å². The van der Waals surface area contributed by atoms with Crippen molar-refractivity contribution in [3.8, 4) is 0 Å². The van der Waals surface area contributed by atoms with E-state index in [1.54, 1.807) is 40.7 Å². The summed E-state index contributed by atoms with van der Waals surface area (Å²) in [4.78, 5) is 17.9. The normalized spacial score (nSPS) is 15.6. The Morgan fingerprint density at radius 3 is 2.62 bits per heavy atom. The van der Waals surface area contributed by atoms with Crippen molar-refractivity contribution in [3.63, 3.8) is 0 Å². The van der Waals surface area contributed by atoms with Gasteiger partial charge in [-0.1, -0.05) is 60.6 Å². The molecule has 2 N–H and O–H groups in total. The molecule has 0 saturated heterocycles. The van der Waals surface area contributed by atoms with Crippen LogP contribution in [-0.2, 0) is 4.79 Å². The molecule has 8 heteroatoms. The van der Waals surface area contributed by atoms with E-state index >= 15 is 0 Å². The van der Waals surface area contributed by atoms with E-state index < -0.39 is 0 Å². The van der Waals surface area contributed by atoms with E-state index in [-0.39, 0.29) is 11.9 Å². The molecule has 2 aromatic carbocycles. The third kappa shape index (κ3) is 4.02. The van der Waals surface area contributed by atoms with Crippen LogP contribution in [0, 0.1) is 0 Å². The van der Waals surface area contributed by atoms with E-state index in [1.165, 1.54) is 0 Å². The lowest BCUT2D eigenvalue weighted by Crippen LogP contribution is -2.31. The fraction of sp³-hybridized carbons (Fsp3) is 0.190. The molecule has 0 fully saturated rings. The Balaban J connectivity index is 1.75. The zero-order valence-corrected chi connectivity index (χ0v) is 17.6. The van der Waals surface area contributed by atoms with Gasteiger partial charge < -0.3 is 10.6 Å². The van der Waals surface area contributed by atoms with Crippen molar-refractivity contribution in [1.82, 2.24) is 14.8 Å². The number of carbonyl (C=O) groups is 1. The zero-order valence-electron chi connectivity index (χ0n) is 16.0. The van der Waals surface area contributed by atoms with E-state index in [4.69, 9.17) is 11.6 Å². The molecule has 2 heterocycles. The summed E-state index contributed by atoms with van der Waals surface area (Å²) in [6.07, 6.45) is 0. The van der Waals surface area contributed by atoms with Gasteiger partial charge in [0, 0.05) is 16.4 Å². The molecule has 6 nitrogen and oxygen atoms in total. The van der Waals surface area contributed by atoms with Crippen LogP contribution in [0.15, 0.2) is 71.0 Å². The molecule has 1 aliphatic heterocycles. The van der Waals surface area contributed by atoms with Crippen LogP contribution in [0.3, 0.4) is 0 Å². The van der Waals surface area contributed by atoms with Gasteiger partial charge in [0.25, 0.3) is 5.91 Å². The highest BCUT2D eigenvalue weighted by Gasteiger charge is 2.34. The van der Waals surface area contributed by atoms with Crippen molar-refractivity contribution in [3.05, 3.63) is 76.5 Å². The lowest BCUT2D eigenvalue weighted by atomic mass is 9.95. The highest BCUT2D eigenvalue weighted by Crippen LogP contribution is 2.36. The number of thioether (sulfide) groups is 1. The van der Waals surface area contributed by atoms with Crippen LogP contribution in [0.25, 0.3) is 0 Å². The topological polar surface area (TPSA) is 71.8 Å². The smallest absolute Gasteiger partial charge is 0.255 e.